The van der Waals surface area contributed by atoms with Crippen molar-refractivity contribution in [2.75, 3.05) is 0 Å². The number of esters is 1. The normalized spacial score (nSPS) is 11.6. The van der Waals surface area contributed by atoms with Crippen LogP contribution in [0.15, 0.2) is 84.9 Å². The summed E-state index contributed by atoms with van der Waals surface area (Å²) in [4.78, 5) is 24.9. The third kappa shape index (κ3) is 4.76. The minimum atomic E-state index is -0.976. The van der Waals surface area contributed by atoms with E-state index in [0.717, 1.165) is 11.1 Å². The molecule has 2 N–H and O–H groups in total. The third-order valence-electron chi connectivity index (χ3n) is 4.31. The van der Waals surface area contributed by atoms with Crippen LogP contribution in [0.3, 0.4) is 0 Å². The Hall–Kier alpha value is -3.60. The number of carbonyl (C=O) groups is 2. The summed E-state index contributed by atoms with van der Waals surface area (Å²) < 4.78 is 5.28. The van der Waals surface area contributed by atoms with Crippen molar-refractivity contribution in [1.29, 1.82) is 0 Å². The molecular weight excluding hydrogens is 354 g/mol. The van der Waals surface area contributed by atoms with Gasteiger partial charge in [0.25, 0.3) is 5.91 Å². The van der Waals surface area contributed by atoms with Gasteiger partial charge in [-0.2, -0.15) is 0 Å². The van der Waals surface area contributed by atoms with E-state index in [4.69, 9.17) is 4.74 Å². The van der Waals surface area contributed by atoms with Crippen LogP contribution in [0.25, 0.3) is 0 Å². The molecule has 0 heterocycles. The first-order valence-corrected chi connectivity index (χ1v) is 8.95. The Morgan fingerprint density at radius 3 is 1.82 bits per heavy atom. The molecule has 1 amide bonds. The predicted molar refractivity (Wildman–Crippen MR) is 106 cm³/mol. The zero-order valence-corrected chi connectivity index (χ0v) is 15.4. The summed E-state index contributed by atoms with van der Waals surface area (Å²) >= 11 is 0. The molecule has 0 aliphatic heterocycles. The molecule has 0 bridgehead atoms. The number of rotatable bonds is 6. The van der Waals surface area contributed by atoms with E-state index >= 15 is 0 Å². The number of amides is 1. The van der Waals surface area contributed by atoms with Crippen molar-refractivity contribution in [2.45, 2.75) is 19.1 Å². The van der Waals surface area contributed by atoms with Gasteiger partial charge in [0.1, 0.15) is 5.75 Å². The summed E-state index contributed by atoms with van der Waals surface area (Å²) in [6.45, 7) is 1.53. The van der Waals surface area contributed by atoms with Gasteiger partial charge in [0.05, 0.1) is 11.6 Å². The van der Waals surface area contributed by atoms with Crippen molar-refractivity contribution >= 4 is 11.9 Å². The quantitative estimate of drug-likeness (QED) is 0.642. The molecule has 5 heteroatoms. The first-order chi connectivity index (χ1) is 13.5. The Bertz CT molecular complexity index is 884. The van der Waals surface area contributed by atoms with Crippen molar-refractivity contribution in [3.8, 4) is 5.75 Å². The number of aromatic hydroxyl groups is 1. The molecule has 28 heavy (non-hydrogen) atoms. The Labute approximate surface area is 163 Å². The van der Waals surface area contributed by atoms with Crippen LogP contribution in [0.5, 0.6) is 5.75 Å². The molecule has 0 spiro atoms. The summed E-state index contributed by atoms with van der Waals surface area (Å²) in [5.74, 6) is -0.973. The van der Waals surface area contributed by atoms with Crippen LogP contribution in [-0.2, 0) is 9.53 Å². The monoisotopic (exact) mass is 375 g/mol. The highest BCUT2D eigenvalue weighted by Gasteiger charge is 2.23. The predicted octanol–water partition coefficient (Wildman–Crippen LogP) is 3.84. The van der Waals surface area contributed by atoms with E-state index in [1.165, 1.54) is 31.2 Å². The van der Waals surface area contributed by atoms with Crippen LogP contribution >= 0.6 is 0 Å². The van der Waals surface area contributed by atoms with Crippen LogP contribution in [-0.4, -0.2) is 23.1 Å². The highest BCUT2D eigenvalue weighted by Crippen LogP contribution is 2.22. The van der Waals surface area contributed by atoms with Gasteiger partial charge in [0.2, 0.25) is 0 Å². The molecule has 1 atom stereocenters. The Balaban J connectivity index is 1.72. The van der Waals surface area contributed by atoms with E-state index in [2.05, 4.69) is 5.32 Å². The van der Waals surface area contributed by atoms with Gasteiger partial charge in [0, 0.05) is 0 Å². The van der Waals surface area contributed by atoms with E-state index in [1.54, 1.807) is 0 Å². The van der Waals surface area contributed by atoms with Gasteiger partial charge < -0.3 is 15.2 Å². The van der Waals surface area contributed by atoms with Gasteiger partial charge in [-0.1, -0.05) is 60.7 Å². The molecule has 0 aliphatic carbocycles. The minimum Gasteiger partial charge on any atom is -0.508 e. The first kappa shape index (κ1) is 19.2. The van der Waals surface area contributed by atoms with Crippen molar-refractivity contribution in [3.05, 3.63) is 102 Å². The molecule has 0 fully saturated rings. The van der Waals surface area contributed by atoms with Crippen LogP contribution in [0.4, 0.5) is 0 Å². The average Bonchev–Trinajstić information content (AvgIpc) is 2.73. The highest BCUT2D eigenvalue weighted by molar-refractivity contribution is 5.92. The lowest BCUT2D eigenvalue weighted by atomic mass is 9.98. The maximum atomic E-state index is 12.7. The summed E-state index contributed by atoms with van der Waals surface area (Å²) in [7, 11) is 0. The van der Waals surface area contributed by atoms with E-state index in [1.807, 2.05) is 60.7 Å². The molecule has 0 saturated heterocycles. The fraction of sp³-hybridized carbons (Fsp3) is 0.130. The standard InChI is InChI=1S/C23H21NO4/c1-16(28-23(27)19-12-14-20(25)15-13-19)22(26)24-21(17-8-4-2-5-9-17)18-10-6-3-7-11-18/h2-16,21,25H,1H3,(H,24,26)/t16-/m0/s1. The summed E-state index contributed by atoms with van der Waals surface area (Å²) in [6, 6.07) is 24.5. The third-order valence-corrected chi connectivity index (χ3v) is 4.31. The van der Waals surface area contributed by atoms with Crippen LogP contribution in [0.1, 0.15) is 34.5 Å². The smallest absolute Gasteiger partial charge is 0.338 e. The number of carbonyl (C=O) groups excluding carboxylic acids is 2. The lowest BCUT2D eigenvalue weighted by Crippen LogP contribution is -2.38. The number of phenols is 1. The lowest BCUT2D eigenvalue weighted by Gasteiger charge is -2.22. The number of hydrogen-bond donors (Lipinski definition) is 2. The van der Waals surface area contributed by atoms with Gasteiger partial charge in [0.15, 0.2) is 6.10 Å². The molecular formula is C23H21NO4. The van der Waals surface area contributed by atoms with Crippen molar-refractivity contribution in [3.63, 3.8) is 0 Å². The van der Waals surface area contributed by atoms with Crippen LogP contribution in [0, 0.1) is 0 Å². The largest absolute Gasteiger partial charge is 0.508 e. The second kappa shape index (κ2) is 8.86. The Morgan fingerprint density at radius 1 is 0.821 bits per heavy atom. The van der Waals surface area contributed by atoms with E-state index in [0.29, 0.717) is 0 Å². The molecule has 0 radical (unpaired) electrons. The van der Waals surface area contributed by atoms with Crippen LogP contribution in [0.2, 0.25) is 0 Å². The average molecular weight is 375 g/mol. The second-order valence-corrected chi connectivity index (χ2v) is 6.36. The molecule has 0 saturated carbocycles. The zero-order valence-electron chi connectivity index (χ0n) is 15.4. The zero-order chi connectivity index (χ0) is 19.9. The topological polar surface area (TPSA) is 75.6 Å². The lowest BCUT2D eigenvalue weighted by molar-refractivity contribution is -0.129. The van der Waals surface area contributed by atoms with Crippen molar-refractivity contribution in [1.82, 2.24) is 5.32 Å². The van der Waals surface area contributed by atoms with E-state index in [9.17, 15) is 14.7 Å². The number of nitrogens with one attached hydrogen (secondary N) is 1. The van der Waals surface area contributed by atoms with Gasteiger partial charge in [-0.15, -0.1) is 0 Å². The molecule has 0 aliphatic rings. The maximum absolute atomic E-state index is 12.7. The molecule has 3 aromatic rings. The highest BCUT2D eigenvalue weighted by atomic mass is 16.5. The van der Waals surface area contributed by atoms with E-state index in [-0.39, 0.29) is 17.4 Å². The maximum Gasteiger partial charge on any atom is 0.338 e. The molecule has 5 nitrogen and oxygen atoms in total. The molecule has 3 rings (SSSR count). The molecule has 3 aromatic carbocycles. The van der Waals surface area contributed by atoms with Crippen LogP contribution < -0.4 is 5.32 Å². The molecule has 0 aromatic heterocycles. The van der Waals surface area contributed by atoms with Crippen molar-refractivity contribution < 1.29 is 19.4 Å². The van der Waals surface area contributed by atoms with Crippen molar-refractivity contribution in [2.24, 2.45) is 0 Å². The fourth-order valence-corrected chi connectivity index (χ4v) is 2.79. The van der Waals surface area contributed by atoms with Gasteiger partial charge in [-0.05, 0) is 42.3 Å². The Kier molecular flexibility index (Phi) is 6.07. The number of hydrogen-bond acceptors (Lipinski definition) is 4. The number of phenolic OH excluding ortho intramolecular Hbond substituents is 1. The molecule has 142 valence electrons. The van der Waals surface area contributed by atoms with Gasteiger partial charge >= 0.3 is 5.97 Å². The summed E-state index contributed by atoms with van der Waals surface area (Å²) in [5, 5.41) is 12.3. The van der Waals surface area contributed by atoms with Gasteiger partial charge in [-0.3, -0.25) is 4.79 Å². The summed E-state index contributed by atoms with van der Waals surface area (Å²) in [6.07, 6.45) is -0.976. The first-order valence-electron chi connectivity index (χ1n) is 8.95. The number of benzene rings is 3. The second-order valence-electron chi connectivity index (χ2n) is 6.36. The molecule has 0 unspecified atom stereocenters. The van der Waals surface area contributed by atoms with Gasteiger partial charge in [-0.25, -0.2) is 4.79 Å². The fourth-order valence-electron chi connectivity index (χ4n) is 2.79. The Morgan fingerprint density at radius 2 is 1.32 bits per heavy atom. The summed E-state index contributed by atoms with van der Waals surface area (Å²) in [5.41, 5.74) is 2.12. The SMILES string of the molecule is C[C@H](OC(=O)c1ccc(O)cc1)C(=O)NC(c1ccccc1)c1ccccc1. The van der Waals surface area contributed by atoms with E-state index < -0.39 is 18.0 Å². The minimum absolute atomic E-state index is 0.0518. The number of ether oxygens (including phenoxy) is 1.